The molecule has 0 aliphatic heterocycles. The Morgan fingerprint density at radius 3 is 2.75 bits per heavy atom. The minimum atomic E-state index is -0.267. The van der Waals surface area contributed by atoms with Crippen molar-refractivity contribution in [3.8, 4) is 0 Å². The van der Waals surface area contributed by atoms with Crippen LogP contribution in [0.1, 0.15) is 29.8 Å². The number of aryl methyl sites for hydroxylation is 1. The highest BCUT2D eigenvalue weighted by Gasteiger charge is 2.15. The summed E-state index contributed by atoms with van der Waals surface area (Å²) in [5.41, 5.74) is 12.2. The summed E-state index contributed by atoms with van der Waals surface area (Å²) in [5, 5.41) is 3.25. The zero-order valence-electron chi connectivity index (χ0n) is 13.9. The van der Waals surface area contributed by atoms with Gasteiger partial charge in [-0.3, -0.25) is 15.0 Å². The third kappa shape index (κ3) is 3.41. The van der Waals surface area contributed by atoms with Gasteiger partial charge in [0.05, 0.1) is 17.1 Å². The number of pyridine rings is 3. The molecule has 5 heteroatoms. The van der Waals surface area contributed by atoms with Crippen molar-refractivity contribution < 1.29 is 0 Å². The lowest BCUT2D eigenvalue weighted by molar-refractivity contribution is 0.880. The minimum Gasteiger partial charge on any atom is -0.391 e. The van der Waals surface area contributed by atoms with Crippen molar-refractivity contribution in [1.29, 1.82) is 0 Å². The monoisotopic (exact) mass is 319 g/mol. The molecule has 3 N–H and O–H groups in total. The van der Waals surface area contributed by atoms with Crippen LogP contribution in [-0.2, 0) is 0 Å². The molecule has 3 heterocycles. The van der Waals surface area contributed by atoms with Crippen LogP contribution in [0.5, 0.6) is 0 Å². The van der Waals surface area contributed by atoms with E-state index in [0.717, 1.165) is 40.0 Å². The molecule has 5 nitrogen and oxygen atoms in total. The molecule has 0 bridgehead atoms. The van der Waals surface area contributed by atoms with Gasteiger partial charge in [-0.2, -0.15) is 0 Å². The summed E-state index contributed by atoms with van der Waals surface area (Å²) in [7, 11) is 0. The zero-order valence-corrected chi connectivity index (χ0v) is 13.9. The van der Waals surface area contributed by atoms with Crippen LogP contribution in [0.3, 0.4) is 0 Å². The molecule has 0 aromatic carbocycles. The third-order valence-corrected chi connectivity index (χ3v) is 3.87. The summed E-state index contributed by atoms with van der Waals surface area (Å²) in [6, 6.07) is 9.59. The highest BCUT2D eigenvalue weighted by atomic mass is 14.8. The number of fused-ring (bicyclic) bond motifs is 1. The van der Waals surface area contributed by atoms with Crippen LogP contribution < -0.4 is 11.1 Å². The molecular weight excluding hydrogens is 298 g/mol. The van der Waals surface area contributed by atoms with Gasteiger partial charge in [-0.1, -0.05) is 0 Å². The van der Waals surface area contributed by atoms with Crippen molar-refractivity contribution in [3.63, 3.8) is 0 Å². The molecule has 1 unspecified atom stereocenters. The lowest BCUT2D eigenvalue weighted by Crippen LogP contribution is -2.16. The van der Waals surface area contributed by atoms with Gasteiger partial charge in [0.15, 0.2) is 0 Å². The summed E-state index contributed by atoms with van der Waals surface area (Å²) in [5.74, 6) is 0. The number of aromatic nitrogens is 3. The number of rotatable bonds is 5. The van der Waals surface area contributed by atoms with Crippen LogP contribution in [0.2, 0.25) is 0 Å². The quantitative estimate of drug-likeness (QED) is 0.756. The Bertz CT molecular complexity index is 858. The number of nitrogens with one attached hydrogen (secondary N) is 1. The van der Waals surface area contributed by atoms with E-state index in [4.69, 9.17) is 5.73 Å². The van der Waals surface area contributed by atoms with Gasteiger partial charge in [-0.05, 0) is 55.3 Å². The van der Waals surface area contributed by atoms with Gasteiger partial charge in [-0.25, -0.2) is 0 Å². The molecular formula is C19H21N5. The van der Waals surface area contributed by atoms with E-state index in [9.17, 15) is 0 Å². The van der Waals surface area contributed by atoms with Crippen molar-refractivity contribution in [2.75, 3.05) is 6.54 Å². The zero-order chi connectivity index (χ0) is 16.9. The van der Waals surface area contributed by atoms with E-state index in [1.807, 2.05) is 49.7 Å². The Hall–Kier alpha value is -2.79. The summed E-state index contributed by atoms with van der Waals surface area (Å²) in [4.78, 5) is 13.2. The molecule has 3 aromatic heterocycles. The van der Waals surface area contributed by atoms with Crippen LogP contribution in [0.25, 0.3) is 16.6 Å². The van der Waals surface area contributed by atoms with Crippen LogP contribution >= 0.6 is 0 Å². The van der Waals surface area contributed by atoms with Crippen LogP contribution in [0, 0.1) is 6.92 Å². The predicted octanol–water partition coefficient (Wildman–Crippen LogP) is 2.98. The van der Waals surface area contributed by atoms with Gasteiger partial charge >= 0.3 is 0 Å². The molecule has 0 fully saturated rings. The Morgan fingerprint density at radius 2 is 2.00 bits per heavy atom. The maximum Gasteiger partial charge on any atom is 0.0895 e. The second kappa shape index (κ2) is 7.19. The molecule has 0 saturated carbocycles. The van der Waals surface area contributed by atoms with Gasteiger partial charge in [0.25, 0.3) is 0 Å². The normalized spacial score (nSPS) is 13.0. The molecule has 0 radical (unpaired) electrons. The Morgan fingerprint density at radius 1 is 1.21 bits per heavy atom. The van der Waals surface area contributed by atoms with Gasteiger partial charge < -0.3 is 11.1 Å². The SMILES string of the molecule is CCN/C=C(/c1cnc2ccc(C)nc2c1)C(N)c1ccncc1. The van der Waals surface area contributed by atoms with Gasteiger partial charge in [0.1, 0.15) is 0 Å². The van der Waals surface area contributed by atoms with Crippen molar-refractivity contribution in [1.82, 2.24) is 20.3 Å². The van der Waals surface area contributed by atoms with Crippen molar-refractivity contribution in [2.24, 2.45) is 5.73 Å². The molecule has 3 aromatic rings. The highest BCUT2D eigenvalue weighted by molar-refractivity contribution is 5.80. The van der Waals surface area contributed by atoms with E-state index in [0.29, 0.717) is 0 Å². The van der Waals surface area contributed by atoms with Crippen molar-refractivity contribution in [3.05, 3.63) is 71.9 Å². The molecule has 0 aliphatic carbocycles. The lowest BCUT2D eigenvalue weighted by Gasteiger charge is -2.17. The van der Waals surface area contributed by atoms with Crippen LogP contribution in [0.15, 0.2) is 55.1 Å². The largest absolute Gasteiger partial charge is 0.391 e. The number of hydrogen-bond acceptors (Lipinski definition) is 5. The Labute approximate surface area is 141 Å². The highest BCUT2D eigenvalue weighted by Crippen LogP contribution is 2.28. The molecule has 0 aliphatic rings. The summed E-state index contributed by atoms with van der Waals surface area (Å²) >= 11 is 0. The van der Waals surface area contributed by atoms with E-state index < -0.39 is 0 Å². The average molecular weight is 319 g/mol. The van der Waals surface area contributed by atoms with Crippen LogP contribution in [-0.4, -0.2) is 21.5 Å². The fraction of sp³-hybridized carbons (Fsp3) is 0.211. The molecule has 122 valence electrons. The van der Waals surface area contributed by atoms with E-state index >= 15 is 0 Å². The van der Waals surface area contributed by atoms with Crippen molar-refractivity contribution in [2.45, 2.75) is 19.9 Å². The third-order valence-electron chi connectivity index (χ3n) is 3.87. The molecule has 3 rings (SSSR count). The average Bonchev–Trinajstić information content (AvgIpc) is 2.62. The summed E-state index contributed by atoms with van der Waals surface area (Å²) in [6.45, 7) is 4.85. The first-order valence-corrected chi connectivity index (χ1v) is 8.01. The molecule has 24 heavy (non-hydrogen) atoms. The topological polar surface area (TPSA) is 76.7 Å². The van der Waals surface area contributed by atoms with Crippen LogP contribution in [0.4, 0.5) is 0 Å². The first kappa shape index (κ1) is 16.1. The van der Waals surface area contributed by atoms with Gasteiger partial charge in [0, 0.05) is 42.6 Å². The van der Waals surface area contributed by atoms with Gasteiger partial charge in [0.2, 0.25) is 0 Å². The summed E-state index contributed by atoms with van der Waals surface area (Å²) < 4.78 is 0. The van der Waals surface area contributed by atoms with E-state index in [1.165, 1.54) is 0 Å². The molecule has 0 amide bonds. The van der Waals surface area contributed by atoms with Gasteiger partial charge in [-0.15, -0.1) is 0 Å². The minimum absolute atomic E-state index is 0.267. The Kier molecular flexibility index (Phi) is 4.82. The fourth-order valence-electron chi connectivity index (χ4n) is 2.58. The first-order chi connectivity index (χ1) is 11.7. The van der Waals surface area contributed by atoms with E-state index in [-0.39, 0.29) is 6.04 Å². The predicted molar refractivity (Wildman–Crippen MR) is 97.1 cm³/mol. The first-order valence-electron chi connectivity index (χ1n) is 8.01. The second-order valence-corrected chi connectivity index (χ2v) is 5.63. The number of nitrogens with two attached hydrogens (primary N) is 1. The molecule has 1 atom stereocenters. The lowest BCUT2D eigenvalue weighted by atomic mass is 9.95. The summed E-state index contributed by atoms with van der Waals surface area (Å²) in [6.07, 6.45) is 7.32. The van der Waals surface area contributed by atoms with Crippen molar-refractivity contribution >= 4 is 16.6 Å². The molecule has 0 spiro atoms. The molecule has 0 saturated heterocycles. The maximum atomic E-state index is 6.50. The van der Waals surface area contributed by atoms with E-state index in [2.05, 4.69) is 27.2 Å². The second-order valence-electron chi connectivity index (χ2n) is 5.63. The fourth-order valence-corrected chi connectivity index (χ4v) is 2.58. The number of hydrogen-bond donors (Lipinski definition) is 2. The Balaban J connectivity index is 2.06. The van der Waals surface area contributed by atoms with E-state index in [1.54, 1.807) is 12.4 Å². The standard InChI is InChI=1S/C19H21N5/c1-3-21-12-16(19(20)14-6-8-22-9-7-14)15-10-18-17(23-11-15)5-4-13(2)24-18/h4-12,19,21H,3,20H2,1-2H3/b16-12-. The smallest absolute Gasteiger partial charge is 0.0895 e. The number of nitrogens with zero attached hydrogens (tertiary/aromatic N) is 3. The maximum absolute atomic E-state index is 6.50.